The predicted octanol–water partition coefficient (Wildman–Crippen LogP) is 3.79. The Labute approximate surface area is 117 Å². The zero-order chi connectivity index (χ0) is 14.3. The molecule has 3 heteroatoms. The minimum Gasteiger partial charge on any atom is -0.493 e. The van der Waals surface area contributed by atoms with Crippen molar-refractivity contribution in [3.8, 4) is 11.5 Å². The van der Waals surface area contributed by atoms with Crippen molar-refractivity contribution < 1.29 is 9.47 Å². The SMILES string of the molecule is CCNC(c1cccc(OC)c1OC)C(CC)CC. The molecule has 0 radical (unpaired) electrons. The van der Waals surface area contributed by atoms with Crippen molar-refractivity contribution in [3.05, 3.63) is 23.8 Å². The van der Waals surface area contributed by atoms with Crippen LogP contribution in [-0.2, 0) is 0 Å². The molecule has 0 bridgehead atoms. The molecular formula is C16H27NO2. The lowest BCUT2D eigenvalue weighted by molar-refractivity contribution is 0.316. The first-order valence-corrected chi connectivity index (χ1v) is 7.17. The molecule has 108 valence electrons. The summed E-state index contributed by atoms with van der Waals surface area (Å²) >= 11 is 0. The topological polar surface area (TPSA) is 30.5 Å². The molecule has 1 aromatic rings. The fourth-order valence-electron chi connectivity index (χ4n) is 2.67. The molecule has 0 aliphatic heterocycles. The van der Waals surface area contributed by atoms with E-state index in [4.69, 9.17) is 9.47 Å². The number of para-hydroxylation sites is 1. The van der Waals surface area contributed by atoms with Gasteiger partial charge < -0.3 is 14.8 Å². The van der Waals surface area contributed by atoms with Crippen LogP contribution in [0.4, 0.5) is 0 Å². The van der Waals surface area contributed by atoms with Gasteiger partial charge in [-0.1, -0.05) is 45.7 Å². The van der Waals surface area contributed by atoms with Crippen LogP contribution in [0.2, 0.25) is 0 Å². The Kier molecular flexibility index (Phi) is 6.71. The monoisotopic (exact) mass is 265 g/mol. The number of hydrogen-bond donors (Lipinski definition) is 1. The van der Waals surface area contributed by atoms with Crippen molar-refractivity contribution in [2.45, 2.75) is 39.7 Å². The molecule has 0 saturated carbocycles. The standard InChI is InChI=1S/C16H27NO2/c1-6-12(7-2)15(17-8-3)13-10-9-11-14(18-4)16(13)19-5/h9-12,15,17H,6-8H2,1-5H3. The van der Waals surface area contributed by atoms with E-state index in [-0.39, 0.29) is 0 Å². The maximum Gasteiger partial charge on any atom is 0.165 e. The fourth-order valence-corrected chi connectivity index (χ4v) is 2.67. The van der Waals surface area contributed by atoms with Crippen LogP contribution in [0.5, 0.6) is 11.5 Å². The molecule has 1 aromatic carbocycles. The summed E-state index contributed by atoms with van der Waals surface area (Å²) < 4.78 is 11.0. The van der Waals surface area contributed by atoms with Crippen LogP contribution in [0.25, 0.3) is 0 Å². The summed E-state index contributed by atoms with van der Waals surface area (Å²) in [5, 5.41) is 3.59. The molecule has 1 unspecified atom stereocenters. The first kappa shape index (κ1) is 15.8. The van der Waals surface area contributed by atoms with Gasteiger partial charge in [0.15, 0.2) is 11.5 Å². The van der Waals surface area contributed by atoms with Crippen LogP contribution in [0.1, 0.15) is 45.2 Å². The van der Waals surface area contributed by atoms with Gasteiger partial charge in [-0.2, -0.15) is 0 Å². The smallest absolute Gasteiger partial charge is 0.165 e. The second kappa shape index (κ2) is 8.05. The largest absolute Gasteiger partial charge is 0.493 e. The quantitative estimate of drug-likeness (QED) is 0.775. The molecule has 0 amide bonds. The second-order valence-electron chi connectivity index (χ2n) is 4.69. The summed E-state index contributed by atoms with van der Waals surface area (Å²) in [4.78, 5) is 0. The summed E-state index contributed by atoms with van der Waals surface area (Å²) in [5.74, 6) is 2.25. The molecule has 19 heavy (non-hydrogen) atoms. The highest BCUT2D eigenvalue weighted by atomic mass is 16.5. The highest BCUT2D eigenvalue weighted by molar-refractivity contribution is 5.48. The van der Waals surface area contributed by atoms with Gasteiger partial charge in [0.1, 0.15) is 0 Å². The molecule has 0 aromatic heterocycles. The first-order valence-electron chi connectivity index (χ1n) is 7.17. The Morgan fingerprint density at radius 3 is 2.21 bits per heavy atom. The summed E-state index contributed by atoms with van der Waals surface area (Å²) in [6, 6.07) is 6.42. The van der Waals surface area contributed by atoms with Gasteiger partial charge in [0.2, 0.25) is 0 Å². The first-order chi connectivity index (χ1) is 9.23. The maximum atomic E-state index is 5.57. The molecule has 0 aliphatic rings. The number of benzene rings is 1. The number of rotatable bonds is 8. The van der Waals surface area contributed by atoms with Crippen molar-refractivity contribution in [2.24, 2.45) is 5.92 Å². The average molecular weight is 265 g/mol. The maximum absolute atomic E-state index is 5.57. The van der Waals surface area contributed by atoms with Crippen molar-refractivity contribution in [1.82, 2.24) is 5.32 Å². The highest BCUT2D eigenvalue weighted by Crippen LogP contribution is 2.38. The van der Waals surface area contributed by atoms with Gasteiger partial charge in [-0.15, -0.1) is 0 Å². The third kappa shape index (κ3) is 3.63. The zero-order valence-electron chi connectivity index (χ0n) is 12.8. The molecule has 3 nitrogen and oxygen atoms in total. The van der Waals surface area contributed by atoms with E-state index in [2.05, 4.69) is 32.2 Å². The van der Waals surface area contributed by atoms with Crippen molar-refractivity contribution >= 4 is 0 Å². The second-order valence-corrected chi connectivity index (χ2v) is 4.69. The summed E-state index contributed by atoms with van der Waals surface area (Å²) in [6.07, 6.45) is 2.29. The van der Waals surface area contributed by atoms with Crippen LogP contribution in [0.15, 0.2) is 18.2 Å². The molecule has 0 aliphatic carbocycles. The molecule has 1 atom stereocenters. The number of nitrogens with one attached hydrogen (secondary N) is 1. The van der Waals surface area contributed by atoms with E-state index >= 15 is 0 Å². The Morgan fingerprint density at radius 2 is 1.74 bits per heavy atom. The van der Waals surface area contributed by atoms with Crippen LogP contribution >= 0.6 is 0 Å². The van der Waals surface area contributed by atoms with Gasteiger partial charge in [0.25, 0.3) is 0 Å². The summed E-state index contributed by atoms with van der Waals surface area (Å²) in [7, 11) is 3.39. The van der Waals surface area contributed by atoms with Crippen molar-refractivity contribution in [3.63, 3.8) is 0 Å². The average Bonchev–Trinajstić information content (AvgIpc) is 2.46. The van der Waals surface area contributed by atoms with Gasteiger partial charge in [-0.3, -0.25) is 0 Å². The molecule has 0 saturated heterocycles. The van der Waals surface area contributed by atoms with Crippen LogP contribution in [-0.4, -0.2) is 20.8 Å². The lowest BCUT2D eigenvalue weighted by atomic mass is 9.88. The number of methoxy groups -OCH3 is 2. The van der Waals surface area contributed by atoms with Gasteiger partial charge in [-0.25, -0.2) is 0 Å². The highest BCUT2D eigenvalue weighted by Gasteiger charge is 2.24. The van der Waals surface area contributed by atoms with E-state index in [1.54, 1.807) is 14.2 Å². The fraction of sp³-hybridized carbons (Fsp3) is 0.625. The Bertz CT molecular complexity index is 375. The van der Waals surface area contributed by atoms with E-state index in [0.29, 0.717) is 12.0 Å². The minimum absolute atomic E-state index is 0.310. The van der Waals surface area contributed by atoms with Gasteiger partial charge in [0, 0.05) is 11.6 Å². The zero-order valence-corrected chi connectivity index (χ0v) is 12.8. The van der Waals surface area contributed by atoms with E-state index in [1.165, 1.54) is 5.56 Å². The van der Waals surface area contributed by atoms with E-state index in [0.717, 1.165) is 30.9 Å². The molecule has 0 heterocycles. The molecule has 0 fully saturated rings. The number of hydrogen-bond acceptors (Lipinski definition) is 3. The predicted molar refractivity (Wildman–Crippen MR) is 80.0 cm³/mol. The lowest BCUT2D eigenvalue weighted by Gasteiger charge is -2.28. The lowest BCUT2D eigenvalue weighted by Crippen LogP contribution is -2.28. The molecular weight excluding hydrogens is 238 g/mol. The van der Waals surface area contributed by atoms with Gasteiger partial charge >= 0.3 is 0 Å². The third-order valence-corrected chi connectivity index (χ3v) is 3.71. The number of ether oxygens (including phenoxy) is 2. The minimum atomic E-state index is 0.310. The Morgan fingerprint density at radius 1 is 1.05 bits per heavy atom. The van der Waals surface area contributed by atoms with Crippen molar-refractivity contribution in [2.75, 3.05) is 20.8 Å². The summed E-state index contributed by atoms with van der Waals surface area (Å²) in [6.45, 7) is 7.57. The molecule has 1 N–H and O–H groups in total. The Hall–Kier alpha value is -1.22. The van der Waals surface area contributed by atoms with E-state index in [1.807, 2.05) is 12.1 Å². The summed E-state index contributed by atoms with van der Waals surface area (Å²) in [5.41, 5.74) is 1.19. The third-order valence-electron chi connectivity index (χ3n) is 3.71. The molecule has 1 rings (SSSR count). The van der Waals surface area contributed by atoms with Crippen molar-refractivity contribution in [1.29, 1.82) is 0 Å². The van der Waals surface area contributed by atoms with Crippen LogP contribution in [0, 0.1) is 5.92 Å². The van der Waals surface area contributed by atoms with Gasteiger partial charge in [0.05, 0.1) is 14.2 Å². The van der Waals surface area contributed by atoms with E-state index in [9.17, 15) is 0 Å². The Balaban J connectivity index is 3.21. The molecule has 0 spiro atoms. The van der Waals surface area contributed by atoms with E-state index < -0.39 is 0 Å². The van der Waals surface area contributed by atoms with Gasteiger partial charge in [-0.05, 0) is 18.5 Å². The van der Waals surface area contributed by atoms with Crippen LogP contribution in [0.3, 0.4) is 0 Å². The normalized spacial score (nSPS) is 12.5. The van der Waals surface area contributed by atoms with Crippen LogP contribution < -0.4 is 14.8 Å².